The van der Waals surface area contributed by atoms with Crippen LogP contribution in [0.1, 0.15) is 46.5 Å². The second-order valence-corrected chi connectivity index (χ2v) is 5.53. The van der Waals surface area contributed by atoms with Gasteiger partial charge in [-0.2, -0.15) is 0 Å². The van der Waals surface area contributed by atoms with Crippen molar-refractivity contribution in [3.63, 3.8) is 0 Å². The predicted molar refractivity (Wildman–Crippen MR) is 65.0 cm³/mol. The summed E-state index contributed by atoms with van der Waals surface area (Å²) < 4.78 is 0. The second-order valence-electron chi connectivity index (χ2n) is 5.53. The first-order chi connectivity index (χ1) is 7.50. The molecule has 1 aliphatic carbocycles. The molecule has 0 aliphatic heterocycles. The summed E-state index contributed by atoms with van der Waals surface area (Å²) in [7, 11) is 0. The summed E-state index contributed by atoms with van der Waals surface area (Å²) in [6.07, 6.45) is 3.99. The van der Waals surface area contributed by atoms with Crippen LogP contribution in [0.3, 0.4) is 0 Å². The maximum Gasteiger partial charge on any atom is 0.223 e. The number of hydrogen-bond acceptors (Lipinski definition) is 2. The average Bonchev–Trinajstić information content (AvgIpc) is 2.25. The molecule has 0 bridgehead atoms. The highest BCUT2D eigenvalue weighted by molar-refractivity contribution is 5.78. The highest BCUT2D eigenvalue weighted by Gasteiger charge is 2.25. The first kappa shape index (κ1) is 13.5. The van der Waals surface area contributed by atoms with Gasteiger partial charge in [0.15, 0.2) is 0 Å². The van der Waals surface area contributed by atoms with Gasteiger partial charge >= 0.3 is 0 Å². The zero-order valence-electron chi connectivity index (χ0n) is 10.7. The lowest BCUT2D eigenvalue weighted by molar-refractivity contribution is -0.127. The molecule has 1 aliphatic rings. The lowest BCUT2D eigenvalue weighted by Crippen LogP contribution is -2.39. The fourth-order valence-electron chi connectivity index (χ4n) is 2.26. The average molecular weight is 227 g/mol. The van der Waals surface area contributed by atoms with Gasteiger partial charge in [0, 0.05) is 12.5 Å². The Bertz CT molecular complexity index is 228. The van der Waals surface area contributed by atoms with E-state index in [0.717, 1.165) is 19.3 Å². The van der Waals surface area contributed by atoms with Crippen LogP contribution in [0.25, 0.3) is 0 Å². The Morgan fingerprint density at radius 3 is 2.69 bits per heavy atom. The molecular formula is C13H25NO2. The first-order valence-electron chi connectivity index (χ1n) is 6.46. The summed E-state index contributed by atoms with van der Waals surface area (Å²) in [5.74, 6) is 1.17. The first-order valence-corrected chi connectivity index (χ1v) is 6.46. The van der Waals surface area contributed by atoms with Crippen LogP contribution in [0.4, 0.5) is 0 Å². The minimum absolute atomic E-state index is 0.131. The minimum atomic E-state index is -0.426. The Balaban J connectivity index is 2.29. The lowest BCUT2D eigenvalue weighted by atomic mass is 9.82. The lowest BCUT2D eigenvalue weighted by Gasteiger charge is -2.26. The van der Waals surface area contributed by atoms with E-state index in [0.29, 0.717) is 12.5 Å². The molecule has 2 N–H and O–H groups in total. The summed E-state index contributed by atoms with van der Waals surface area (Å²) in [5.41, 5.74) is 0. The standard InChI is InChI=1S/C13H25NO2/c1-9(2)12(15)8-14-13(16)11-6-4-5-10(3)7-11/h9-12,15H,4-8H2,1-3H3,(H,14,16). The minimum Gasteiger partial charge on any atom is -0.391 e. The highest BCUT2D eigenvalue weighted by atomic mass is 16.3. The molecule has 0 spiro atoms. The SMILES string of the molecule is CC1CCCC(C(=O)NCC(O)C(C)C)C1. The molecule has 0 aromatic rings. The van der Waals surface area contributed by atoms with Crippen molar-refractivity contribution in [1.29, 1.82) is 0 Å². The molecule has 0 heterocycles. The maximum atomic E-state index is 11.8. The molecule has 0 saturated heterocycles. The van der Waals surface area contributed by atoms with Crippen molar-refractivity contribution in [1.82, 2.24) is 5.32 Å². The number of hydrogen-bond donors (Lipinski definition) is 2. The molecule has 16 heavy (non-hydrogen) atoms. The summed E-state index contributed by atoms with van der Waals surface area (Å²) in [6.45, 7) is 6.52. The largest absolute Gasteiger partial charge is 0.391 e. The molecule has 3 unspecified atom stereocenters. The number of rotatable bonds is 4. The van der Waals surface area contributed by atoms with Gasteiger partial charge in [0.25, 0.3) is 0 Å². The molecule has 0 aromatic heterocycles. The third-order valence-electron chi connectivity index (χ3n) is 3.56. The molecule has 3 atom stereocenters. The van der Waals surface area contributed by atoms with Crippen LogP contribution in [0.2, 0.25) is 0 Å². The summed E-state index contributed by atoms with van der Waals surface area (Å²) in [4.78, 5) is 11.8. The van der Waals surface area contributed by atoms with Crippen molar-refractivity contribution >= 4 is 5.91 Å². The van der Waals surface area contributed by atoms with Gasteiger partial charge in [0.2, 0.25) is 5.91 Å². The molecule has 0 radical (unpaired) electrons. The molecule has 0 aromatic carbocycles. The van der Waals surface area contributed by atoms with Crippen molar-refractivity contribution in [2.45, 2.75) is 52.6 Å². The smallest absolute Gasteiger partial charge is 0.223 e. The van der Waals surface area contributed by atoms with Crippen LogP contribution in [0.5, 0.6) is 0 Å². The summed E-state index contributed by atoms with van der Waals surface area (Å²) in [5, 5.41) is 12.5. The Kier molecular flexibility index (Phi) is 5.26. The summed E-state index contributed by atoms with van der Waals surface area (Å²) in [6, 6.07) is 0. The third-order valence-corrected chi connectivity index (χ3v) is 3.56. The van der Waals surface area contributed by atoms with Crippen molar-refractivity contribution in [2.75, 3.05) is 6.54 Å². The van der Waals surface area contributed by atoms with Gasteiger partial charge < -0.3 is 10.4 Å². The number of amides is 1. The van der Waals surface area contributed by atoms with E-state index >= 15 is 0 Å². The molecular weight excluding hydrogens is 202 g/mol. The van der Waals surface area contributed by atoms with Gasteiger partial charge in [-0.05, 0) is 24.7 Å². The zero-order chi connectivity index (χ0) is 12.1. The van der Waals surface area contributed by atoms with Gasteiger partial charge in [-0.1, -0.05) is 33.6 Å². The normalized spacial score (nSPS) is 27.8. The van der Waals surface area contributed by atoms with E-state index < -0.39 is 6.10 Å². The van der Waals surface area contributed by atoms with Crippen molar-refractivity contribution in [3.05, 3.63) is 0 Å². The quantitative estimate of drug-likeness (QED) is 0.771. The fourth-order valence-corrected chi connectivity index (χ4v) is 2.26. The Labute approximate surface area is 98.6 Å². The summed E-state index contributed by atoms with van der Waals surface area (Å²) >= 11 is 0. The molecule has 1 saturated carbocycles. The zero-order valence-corrected chi connectivity index (χ0v) is 10.7. The second kappa shape index (κ2) is 6.24. The van der Waals surface area contributed by atoms with E-state index in [9.17, 15) is 9.90 Å². The van der Waals surface area contributed by atoms with E-state index in [-0.39, 0.29) is 17.7 Å². The van der Waals surface area contributed by atoms with E-state index in [1.807, 2.05) is 13.8 Å². The Morgan fingerprint density at radius 2 is 2.12 bits per heavy atom. The third kappa shape index (κ3) is 4.12. The van der Waals surface area contributed by atoms with Gasteiger partial charge in [-0.3, -0.25) is 4.79 Å². The van der Waals surface area contributed by atoms with Crippen LogP contribution in [-0.4, -0.2) is 23.7 Å². The molecule has 1 fully saturated rings. The fraction of sp³-hybridized carbons (Fsp3) is 0.923. The van der Waals surface area contributed by atoms with Crippen LogP contribution >= 0.6 is 0 Å². The van der Waals surface area contributed by atoms with E-state index in [4.69, 9.17) is 0 Å². The highest BCUT2D eigenvalue weighted by Crippen LogP contribution is 2.28. The molecule has 3 heteroatoms. The number of aliphatic hydroxyl groups is 1. The van der Waals surface area contributed by atoms with Gasteiger partial charge in [-0.25, -0.2) is 0 Å². The van der Waals surface area contributed by atoms with Crippen molar-refractivity contribution < 1.29 is 9.90 Å². The number of carbonyl (C=O) groups excluding carboxylic acids is 1. The van der Waals surface area contributed by atoms with E-state index in [2.05, 4.69) is 12.2 Å². The van der Waals surface area contributed by atoms with E-state index in [1.165, 1.54) is 6.42 Å². The van der Waals surface area contributed by atoms with Crippen molar-refractivity contribution in [3.8, 4) is 0 Å². The van der Waals surface area contributed by atoms with Crippen LogP contribution < -0.4 is 5.32 Å². The number of nitrogens with one attached hydrogen (secondary N) is 1. The Morgan fingerprint density at radius 1 is 1.44 bits per heavy atom. The van der Waals surface area contributed by atoms with Crippen LogP contribution in [0.15, 0.2) is 0 Å². The topological polar surface area (TPSA) is 49.3 Å². The maximum absolute atomic E-state index is 11.8. The Hall–Kier alpha value is -0.570. The number of aliphatic hydroxyl groups excluding tert-OH is 1. The molecule has 94 valence electrons. The predicted octanol–water partition coefficient (Wildman–Crippen LogP) is 1.95. The van der Waals surface area contributed by atoms with Gasteiger partial charge in [0.1, 0.15) is 0 Å². The van der Waals surface area contributed by atoms with Gasteiger partial charge in [-0.15, -0.1) is 0 Å². The molecule has 1 amide bonds. The van der Waals surface area contributed by atoms with Crippen molar-refractivity contribution in [2.24, 2.45) is 17.8 Å². The number of carbonyl (C=O) groups is 1. The van der Waals surface area contributed by atoms with E-state index in [1.54, 1.807) is 0 Å². The van der Waals surface area contributed by atoms with Crippen LogP contribution in [-0.2, 0) is 4.79 Å². The monoisotopic (exact) mass is 227 g/mol. The molecule has 3 nitrogen and oxygen atoms in total. The van der Waals surface area contributed by atoms with Gasteiger partial charge in [0.05, 0.1) is 6.10 Å². The molecule has 1 rings (SSSR count). The van der Waals surface area contributed by atoms with Crippen LogP contribution in [0, 0.1) is 17.8 Å².